The smallest absolute Gasteiger partial charge is 0.251 e. The van der Waals surface area contributed by atoms with Gasteiger partial charge < -0.3 is 47.0 Å². The van der Waals surface area contributed by atoms with Crippen molar-refractivity contribution in [3.05, 3.63) is 65.1 Å². The molecule has 19 nitrogen and oxygen atoms in total. The highest BCUT2D eigenvalue weighted by atomic mass is 127. The van der Waals surface area contributed by atoms with Crippen LogP contribution in [0.2, 0.25) is 0 Å². The highest BCUT2D eigenvalue weighted by Gasteiger charge is 2.45. The second-order valence-electron chi connectivity index (χ2n) is 12.7. The van der Waals surface area contributed by atoms with E-state index in [-0.39, 0.29) is 49.4 Å². The molecular weight excluding hydrogens is 934 g/mol. The molecular formula is C33H38I2N10O9. The summed E-state index contributed by atoms with van der Waals surface area (Å²) in [7, 11) is 0. The number of likely N-dealkylation sites (tertiary alicyclic amines) is 2. The van der Waals surface area contributed by atoms with Crippen LogP contribution in [-0.2, 0) is 35.2 Å². The van der Waals surface area contributed by atoms with Gasteiger partial charge in [0.15, 0.2) is 0 Å². The number of amides is 7. The van der Waals surface area contributed by atoms with Crippen molar-refractivity contribution in [3.8, 4) is 5.75 Å². The molecule has 0 aromatic heterocycles. The van der Waals surface area contributed by atoms with Gasteiger partial charge >= 0.3 is 0 Å². The number of primary amides is 1. The second-order valence-corrected chi connectivity index (χ2v) is 15.0. The molecule has 7 amide bonds. The van der Waals surface area contributed by atoms with Gasteiger partial charge in [-0.1, -0.05) is 17.2 Å². The number of nitrogens with one attached hydrogen (secondary N) is 4. The van der Waals surface area contributed by atoms with E-state index in [1.54, 1.807) is 12.1 Å². The van der Waals surface area contributed by atoms with E-state index >= 15 is 0 Å². The van der Waals surface area contributed by atoms with E-state index in [0.29, 0.717) is 19.1 Å². The lowest BCUT2D eigenvalue weighted by atomic mass is 10.0. The number of aliphatic hydroxyl groups excluding tert-OH is 1. The van der Waals surface area contributed by atoms with E-state index in [1.807, 2.05) is 45.2 Å². The number of aromatic hydroxyl groups is 1. The van der Waals surface area contributed by atoms with E-state index in [2.05, 4.69) is 31.3 Å². The molecule has 2 heterocycles. The molecule has 21 heteroatoms. The zero-order chi connectivity index (χ0) is 39.7. The summed E-state index contributed by atoms with van der Waals surface area (Å²) in [6.07, 6.45) is -0.486. The summed E-state index contributed by atoms with van der Waals surface area (Å²) < 4.78 is 1.06. The highest BCUT2D eigenvalue weighted by Crippen LogP contribution is 2.30. The Morgan fingerprint density at radius 2 is 1.67 bits per heavy atom. The van der Waals surface area contributed by atoms with Crippen LogP contribution in [0, 0.1) is 7.14 Å². The topological polar surface area (TPSA) is 289 Å². The normalized spacial score (nSPS) is 18.9. The number of benzene rings is 2. The molecule has 0 aliphatic carbocycles. The maximum Gasteiger partial charge on any atom is 0.251 e. The zero-order valence-electron chi connectivity index (χ0n) is 28.8. The van der Waals surface area contributed by atoms with E-state index in [9.17, 15) is 43.8 Å². The van der Waals surface area contributed by atoms with Crippen LogP contribution in [0.25, 0.3) is 10.4 Å². The fourth-order valence-electron chi connectivity index (χ4n) is 6.10. The molecule has 2 aliphatic heterocycles. The predicted octanol–water partition coefficient (Wildman–Crippen LogP) is 0.0595. The molecule has 0 spiro atoms. The summed E-state index contributed by atoms with van der Waals surface area (Å²) in [6, 6.07) is 4.72. The minimum absolute atomic E-state index is 0.00597. The van der Waals surface area contributed by atoms with Gasteiger partial charge in [0, 0.05) is 42.1 Å². The van der Waals surface area contributed by atoms with Crippen molar-refractivity contribution in [1.29, 1.82) is 0 Å². The second kappa shape index (κ2) is 19.0. The molecule has 2 aliphatic rings. The van der Waals surface area contributed by atoms with E-state index in [1.165, 1.54) is 41.0 Å². The van der Waals surface area contributed by atoms with E-state index < -0.39 is 84.7 Å². The SMILES string of the molecule is C[C@H](NC(=O)CNC(=O)[C@@H]1C[C@@H](O)CN1C(=O)[C@@H]1CCCN1C(=O)[C@H](Cc1cc(I)c(O)c(I)c1)NC(=O)c1ccc(N=[N+]=[N-])cc1)C(=O)NCC(N)=O. The molecule has 0 saturated carbocycles. The van der Waals surface area contributed by atoms with Gasteiger partial charge in [0.2, 0.25) is 35.4 Å². The quantitative estimate of drug-likeness (QED) is 0.0583. The van der Waals surface area contributed by atoms with Gasteiger partial charge in [0.1, 0.15) is 29.9 Å². The number of β-amino-alcohol motifs (C(OH)–C–C–N with tert-alkyl or cyclic N) is 1. The van der Waals surface area contributed by atoms with Crippen LogP contribution in [0.4, 0.5) is 5.69 Å². The maximum absolute atomic E-state index is 14.3. The molecule has 288 valence electrons. The fraction of sp³-hybridized carbons (Fsp3) is 0.424. The van der Waals surface area contributed by atoms with Crippen molar-refractivity contribution in [2.24, 2.45) is 10.8 Å². The third-order valence-electron chi connectivity index (χ3n) is 8.73. The summed E-state index contributed by atoms with van der Waals surface area (Å²) in [5, 5.41) is 34.1. The van der Waals surface area contributed by atoms with Gasteiger partial charge in [-0.3, -0.25) is 33.6 Å². The van der Waals surface area contributed by atoms with E-state index in [0.717, 1.165) is 0 Å². The van der Waals surface area contributed by atoms with Crippen LogP contribution in [0.3, 0.4) is 0 Å². The molecule has 4 rings (SSSR count). The van der Waals surface area contributed by atoms with Crippen molar-refractivity contribution < 1.29 is 43.8 Å². The molecule has 5 atom stereocenters. The first kappa shape index (κ1) is 42.0. The third-order valence-corrected chi connectivity index (χ3v) is 10.4. The summed E-state index contributed by atoms with van der Waals surface area (Å²) in [5.41, 5.74) is 14.8. The predicted molar refractivity (Wildman–Crippen MR) is 207 cm³/mol. The van der Waals surface area contributed by atoms with Crippen LogP contribution in [-0.4, -0.2) is 118 Å². The van der Waals surface area contributed by atoms with Crippen molar-refractivity contribution >= 4 is 92.2 Å². The number of phenolic OH excluding ortho intramolecular Hbond substituents is 1. The summed E-state index contributed by atoms with van der Waals surface area (Å²) in [4.78, 5) is 95.7. The van der Waals surface area contributed by atoms with Crippen molar-refractivity contribution in [2.75, 3.05) is 26.2 Å². The largest absolute Gasteiger partial charge is 0.506 e. The van der Waals surface area contributed by atoms with Crippen molar-refractivity contribution in [3.63, 3.8) is 0 Å². The Bertz CT molecular complexity index is 1830. The first-order chi connectivity index (χ1) is 25.6. The van der Waals surface area contributed by atoms with Gasteiger partial charge in [0.05, 0.1) is 26.3 Å². The summed E-state index contributed by atoms with van der Waals surface area (Å²) in [5.74, 6) is -4.58. The number of nitrogens with zero attached hydrogens (tertiary/aromatic N) is 5. The lowest BCUT2D eigenvalue weighted by molar-refractivity contribution is -0.147. The molecule has 2 saturated heterocycles. The number of aliphatic hydroxyl groups is 1. The molecule has 54 heavy (non-hydrogen) atoms. The number of hydrogen-bond acceptors (Lipinski definition) is 10. The number of hydrogen-bond donors (Lipinski definition) is 7. The van der Waals surface area contributed by atoms with Crippen LogP contribution in [0.1, 0.15) is 42.1 Å². The Kier molecular flexibility index (Phi) is 14.8. The average molecular weight is 973 g/mol. The van der Waals surface area contributed by atoms with Crippen LogP contribution in [0.5, 0.6) is 5.75 Å². The Balaban J connectivity index is 1.48. The Morgan fingerprint density at radius 1 is 1.00 bits per heavy atom. The number of rotatable bonds is 14. The molecule has 0 unspecified atom stereocenters. The summed E-state index contributed by atoms with van der Waals surface area (Å²) >= 11 is 3.92. The van der Waals surface area contributed by atoms with E-state index in [4.69, 9.17) is 11.3 Å². The van der Waals surface area contributed by atoms with Crippen LogP contribution >= 0.6 is 45.2 Å². The average Bonchev–Trinajstić information content (AvgIpc) is 3.78. The Labute approximate surface area is 336 Å². The van der Waals surface area contributed by atoms with Gasteiger partial charge in [-0.15, -0.1) is 0 Å². The Hall–Kier alpha value is -4.74. The number of azide groups is 1. The van der Waals surface area contributed by atoms with Crippen molar-refractivity contribution in [2.45, 2.75) is 62.9 Å². The van der Waals surface area contributed by atoms with Gasteiger partial charge in [-0.25, -0.2) is 0 Å². The zero-order valence-corrected chi connectivity index (χ0v) is 33.1. The lowest BCUT2D eigenvalue weighted by Crippen LogP contribution is -2.57. The Morgan fingerprint density at radius 3 is 2.30 bits per heavy atom. The molecule has 2 fully saturated rings. The number of carbonyl (C=O) groups is 7. The molecule has 2 aromatic carbocycles. The lowest BCUT2D eigenvalue weighted by Gasteiger charge is -2.33. The first-order valence-electron chi connectivity index (χ1n) is 16.6. The van der Waals surface area contributed by atoms with Crippen molar-refractivity contribution in [1.82, 2.24) is 31.1 Å². The van der Waals surface area contributed by atoms with Gasteiger partial charge in [-0.05, 0) is 100 Å². The number of carbonyl (C=O) groups excluding carboxylic acids is 7. The maximum atomic E-state index is 14.3. The number of halogens is 2. The van der Waals surface area contributed by atoms with Crippen LogP contribution in [0.15, 0.2) is 41.5 Å². The first-order valence-corrected chi connectivity index (χ1v) is 18.8. The number of phenols is 1. The molecule has 0 bridgehead atoms. The molecule has 8 N–H and O–H groups in total. The van der Waals surface area contributed by atoms with Gasteiger partial charge in [-0.2, -0.15) is 0 Å². The third kappa shape index (κ3) is 10.9. The fourth-order valence-corrected chi connectivity index (χ4v) is 8.00. The molecule has 0 radical (unpaired) electrons. The van der Waals surface area contributed by atoms with Crippen LogP contribution < -0.4 is 27.0 Å². The monoisotopic (exact) mass is 972 g/mol. The minimum Gasteiger partial charge on any atom is -0.506 e. The standard InChI is InChI=1S/C33H38I2N10O9/c1-16(29(50)38-13-26(36)47)40-27(48)14-39-31(52)25-12-20(46)15-45(25)33(54)24-3-2-8-44(24)32(53)23(11-17-9-21(34)28(49)22(35)10-17)41-30(51)18-4-6-19(7-5-18)42-43-37/h4-7,9-10,16,20,23-25,46,49H,2-3,8,11-15H2,1H3,(H2,36,47)(H,38,50)(H,39,52)(H,40,48)(H,41,51)/t16-,20+,23-,24-,25-/m0/s1. The molecule has 2 aromatic rings. The van der Waals surface area contributed by atoms with Gasteiger partial charge in [0.25, 0.3) is 5.91 Å². The number of nitrogens with two attached hydrogens (primary N) is 1. The minimum atomic E-state index is -1.17. The highest BCUT2D eigenvalue weighted by molar-refractivity contribution is 14.1. The summed E-state index contributed by atoms with van der Waals surface area (Å²) in [6.45, 7) is 0.363.